The van der Waals surface area contributed by atoms with Crippen LogP contribution in [0.5, 0.6) is 0 Å². The number of benzene rings is 7. The van der Waals surface area contributed by atoms with Gasteiger partial charge < -0.3 is 9.32 Å². The molecule has 0 aliphatic heterocycles. The van der Waals surface area contributed by atoms with Gasteiger partial charge in [0.15, 0.2) is 0 Å². The Balaban J connectivity index is 1.26. The molecule has 2 heteroatoms. The molecule has 8 aromatic rings. The maximum absolute atomic E-state index is 6.43. The number of fused-ring (bicyclic) bond motifs is 6. The zero-order valence-corrected chi connectivity index (χ0v) is 25.5. The molecule has 0 radical (unpaired) electrons. The topological polar surface area (TPSA) is 16.4 Å². The summed E-state index contributed by atoms with van der Waals surface area (Å²) in [6.07, 6.45) is 7.42. The molecular formula is C44H33NO. The molecule has 0 aliphatic rings. The first-order valence-corrected chi connectivity index (χ1v) is 15.8. The van der Waals surface area contributed by atoms with Gasteiger partial charge in [0.05, 0.1) is 5.69 Å². The average Bonchev–Trinajstić information content (AvgIpc) is 3.50. The quantitative estimate of drug-likeness (QED) is 0.163. The summed E-state index contributed by atoms with van der Waals surface area (Å²) >= 11 is 0. The Morgan fingerprint density at radius 3 is 2.17 bits per heavy atom. The minimum Gasteiger partial charge on any atom is -0.455 e. The molecule has 0 bridgehead atoms. The van der Waals surface area contributed by atoms with E-state index in [-0.39, 0.29) is 5.92 Å². The van der Waals surface area contributed by atoms with Gasteiger partial charge in [-0.05, 0) is 70.1 Å². The van der Waals surface area contributed by atoms with Crippen LogP contribution in [0.4, 0.5) is 11.4 Å². The van der Waals surface area contributed by atoms with E-state index in [4.69, 9.17) is 4.42 Å². The van der Waals surface area contributed by atoms with Gasteiger partial charge in [-0.2, -0.15) is 0 Å². The summed E-state index contributed by atoms with van der Waals surface area (Å²) < 4.78 is 6.43. The zero-order chi connectivity index (χ0) is 30.9. The van der Waals surface area contributed by atoms with Crippen molar-refractivity contribution in [2.75, 3.05) is 4.90 Å². The molecule has 1 atom stereocenters. The van der Waals surface area contributed by atoms with Crippen LogP contribution in [0.1, 0.15) is 17.9 Å². The third kappa shape index (κ3) is 4.95. The van der Waals surface area contributed by atoms with Gasteiger partial charge in [0.1, 0.15) is 11.2 Å². The highest BCUT2D eigenvalue weighted by molar-refractivity contribution is 6.15. The van der Waals surface area contributed by atoms with Crippen molar-refractivity contribution in [1.82, 2.24) is 0 Å². The van der Waals surface area contributed by atoms with E-state index < -0.39 is 0 Å². The van der Waals surface area contributed by atoms with Crippen LogP contribution < -0.4 is 4.90 Å². The minimum absolute atomic E-state index is 0.172. The van der Waals surface area contributed by atoms with Gasteiger partial charge >= 0.3 is 0 Å². The van der Waals surface area contributed by atoms with Crippen molar-refractivity contribution in [3.8, 4) is 11.1 Å². The summed E-state index contributed by atoms with van der Waals surface area (Å²) in [7, 11) is 0. The van der Waals surface area contributed by atoms with Crippen LogP contribution >= 0.6 is 0 Å². The van der Waals surface area contributed by atoms with Crippen molar-refractivity contribution in [2.45, 2.75) is 12.3 Å². The first kappa shape index (κ1) is 27.7. The van der Waals surface area contributed by atoms with Crippen LogP contribution in [0.25, 0.3) is 54.6 Å². The average molecular weight is 592 g/mol. The van der Waals surface area contributed by atoms with Gasteiger partial charge in [-0.15, -0.1) is 6.58 Å². The molecule has 46 heavy (non-hydrogen) atoms. The van der Waals surface area contributed by atoms with E-state index in [2.05, 4.69) is 175 Å². The van der Waals surface area contributed by atoms with Gasteiger partial charge in [0, 0.05) is 39.5 Å². The second-order valence-electron chi connectivity index (χ2n) is 11.7. The van der Waals surface area contributed by atoms with Crippen molar-refractivity contribution in [1.29, 1.82) is 0 Å². The van der Waals surface area contributed by atoms with Crippen molar-refractivity contribution in [3.63, 3.8) is 0 Å². The Labute approximate surface area is 269 Å². The second kappa shape index (κ2) is 11.9. The monoisotopic (exact) mass is 591 g/mol. The summed E-state index contributed by atoms with van der Waals surface area (Å²) in [5.74, 6) is 0.172. The summed E-state index contributed by atoms with van der Waals surface area (Å²) in [5, 5.41) is 7.11. The Kier molecular flexibility index (Phi) is 7.16. The number of para-hydroxylation sites is 2. The highest BCUT2D eigenvalue weighted by atomic mass is 16.3. The first-order valence-electron chi connectivity index (χ1n) is 15.8. The largest absolute Gasteiger partial charge is 0.455 e. The van der Waals surface area contributed by atoms with Crippen LogP contribution in [-0.4, -0.2) is 0 Å². The van der Waals surface area contributed by atoms with Gasteiger partial charge in [-0.1, -0.05) is 127 Å². The number of allylic oxidation sites excluding steroid dienone is 2. The smallest absolute Gasteiger partial charge is 0.143 e. The normalized spacial score (nSPS) is 12.3. The molecule has 0 fully saturated rings. The van der Waals surface area contributed by atoms with Crippen LogP contribution in [-0.2, 0) is 0 Å². The van der Waals surface area contributed by atoms with Crippen LogP contribution in [0, 0.1) is 0 Å². The third-order valence-electron chi connectivity index (χ3n) is 8.98. The fraction of sp³-hybridized carbons (Fsp3) is 0.0455. The van der Waals surface area contributed by atoms with Crippen LogP contribution in [0.2, 0.25) is 0 Å². The molecule has 0 aliphatic carbocycles. The lowest BCUT2D eigenvalue weighted by molar-refractivity contribution is 0.672. The number of nitrogens with zero attached hydrogens (tertiary/aromatic N) is 1. The standard InChI is InChI=1S/C44H33NO/c1-2-13-31(37-22-12-16-32-14-6-8-19-36(32)37)28-29-45(35-17-4-3-5-18-35)42-23-11-10-20-38(42)34-25-27-43-41(30-34)40-26-24-33-15-7-9-21-39(33)44(40)46-43/h2-12,14-31H,1,13H2/b29-28+. The number of anilines is 2. The molecule has 1 unspecified atom stereocenters. The highest BCUT2D eigenvalue weighted by Crippen LogP contribution is 2.40. The molecule has 7 aromatic carbocycles. The van der Waals surface area contributed by atoms with Crippen molar-refractivity contribution in [2.24, 2.45) is 0 Å². The molecule has 0 saturated carbocycles. The highest BCUT2D eigenvalue weighted by Gasteiger charge is 2.17. The summed E-state index contributed by atoms with van der Waals surface area (Å²) in [6, 6.07) is 53.8. The number of furan rings is 1. The van der Waals surface area contributed by atoms with E-state index >= 15 is 0 Å². The summed E-state index contributed by atoms with van der Waals surface area (Å²) in [4.78, 5) is 2.31. The lowest BCUT2D eigenvalue weighted by Crippen LogP contribution is -2.10. The van der Waals surface area contributed by atoms with Crippen LogP contribution in [0.15, 0.2) is 181 Å². The predicted octanol–water partition coefficient (Wildman–Crippen LogP) is 12.6. The number of rotatable bonds is 8. The maximum atomic E-state index is 6.43. The van der Waals surface area contributed by atoms with Gasteiger partial charge in [0.25, 0.3) is 0 Å². The molecule has 1 heterocycles. The van der Waals surface area contributed by atoms with Gasteiger partial charge in [-0.25, -0.2) is 0 Å². The van der Waals surface area contributed by atoms with E-state index in [1.165, 1.54) is 21.7 Å². The van der Waals surface area contributed by atoms with E-state index in [9.17, 15) is 0 Å². The second-order valence-corrected chi connectivity index (χ2v) is 11.7. The van der Waals surface area contributed by atoms with E-state index in [0.717, 1.165) is 56.2 Å². The first-order chi connectivity index (χ1) is 22.8. The van der Waals surface area contributed by atoms with Crippen LogP contribution in [0.3, 0.4) is 0 Å². The number of hydrogen-bond acceptors (Lipinski definition) is 2. The molecule has 0 N–H and O–H groups in total. The third-order valence-corrected chi connectivity index (χ3v) is 8.98. The predicted molar refractivity (Wildman–Crippen MR) is 196 cm³/mol. The van der Waals surface area contributed by atoms with Crippen molar-refractivity contribution < 1.29 is 4.42 Å². The fourth-order valence-electron chi connectivity index (χ4n) is 6.75. The van der Waals surface area contributed by atoms with E-state index in [1.54, 1.807) is 0 Å². The molecule has 0 amide bonds. The van der Waals surface area contributed by atoms with Crippen molar-refractivity contribution >= 4 is 54.9 Å². The fourth-order valence-corrected chi connectivity index (χ4v) is 6.75. The lowest BCUT2D eigenvalue weighted by atomic mass is 9.91. The molecule has 2 nitrogen and oxygen atoms in total. The summed E-state index contributed by atoms with van der Waals surface area (Å²) in [5.41, 5.74) is 7.65. The molecule has 8 rings (SSSR count). The maximum Gasteiger partial charge on any atom is 0.143 e. The molecular weight excluding hydrogens is 558 g/mol. The van der Waals surface area contributed by atoms with Gasteiger partial charge in [0.2, 0.25) is 0 Å². The molecule has 1 aromatic heterocycles. The Morgan fingerprint density at radius 2 is 1.33 bits per heavy atom. The zero-order valence-electron chi connectivity index (χ0n) is 25.5. The van der Waals surface area contributed by atoms with Crippen molar-refractivity contribution in [3.05, 3.63) is 182 Å². The Morgan fingerprint density at radius 1 is 0.609 bits per heavy atom. The van der Waals surface area contributed by atoms with E-state index in [1.807, 2.05) is 6.08 Å². The lowest BCUT2D eigenvalue weighted by Gasteiger charge is -2.25. The minimum atomic E-state index is 0.172. The summed E-state index contributed by atoms with van der Waals surface area (Å²) in [6.45, 7) is 4.11. The number of hydrogen-bond donors (Lipinski definition) is 0. The Bertz CT molecular complexity index is 2370. The Hall–Kier alpha value is -5.86. The van der Waals surface area contributed by atoms with Gasteiger partial charge in [-0.3, -0.25) is 0 Å². The molecule has 220 valence electrons. The molecule has 0 spiro atoms. The van der Waals surface area contributed by atoms with E-state index in [0.29, 0.717) is 0 Å². The molecule has 0 saturated heterocycles. The SMILES string of the molecule is C=CCC(/C=C/N(c1ccccc1)c1ccccc1-c1ccc2oc3c4ccccc4ccc3c2c1)c1cccc2ccccc12.